The van der Waals surface area contributed by atoms with Crippen molar-refractivity contribution in [3.63, 3.8) is 0 Å². The van der Waals surface area contributed by atoms with Crippen molar-refractivity contribution in [2.24, 2.45) is 5.84 Å². The number of H-pyrrole nitrogens is 1. The predicted molar refractivity (Wildman–Crippen MR) is 115 cm³/mol. The van der Waals surface area contributed by atoms with Crippen molar-refractivity contribution < 1.29 is 18.9 Å². The van der Waals surface area contributed by atoms with Crippen molar-refractivity contribution in [2.45, 2.75) is 7.57 Å². The molecule has 0 aliphatic carbocycles. The van der Waals surface area contributed by atoms with Gasteiger partial charge in [0.15, 0.2) is 17.3 Å². The zero-order valence-electron chi connectivity index (χ0n) is 14.3. The van der Waals surface area contributed by atoms with Crippen molar-refractivity contribution in [3.05, 3.63) is 40.5 Å². The summed E-state index contributed by atoms with van der Waals surface area (Å²) >= 11 is 8.29. The smallest absolute Gasteiger partial charge is 0.287 e. The maximum atomic E-state index is 14.2. The topological polar surface area (TPSA) is 188 Å². The third-order valence-corrected chi connectivity index (χ3v) is 6.11. The van der Waals surface area contributed by atoms with Crippen LogP contribution in [0.1, 0.15) is 5.82 Å². The molecule has 2 aromatic heterocycles. The third-order valence-electron chi connectivity index (χ3n) is 3.40. The number of halogens is 3. The highest BCUT2D eigenvalue weighted by Crippen LogP contribution is 2.53. The molecule has 0 bridgehead atoms. The monoisotopic (exact) mass is 540 g/mol. The van der Waals surface area contributed by atoms with E-state index >= 15 is 0 Å². The summed E-state index contributed by atoms with van der Waals surface area (Å²) in [4.78, 5) is 26.4. The Bertz CT molecular complexity index is 1080. The van der Waals surface area contributed by atoms with Gasteiger partial charge in [-0.3, -0.25) is 16.0 Å². The second kappa shape index (κ2) is 8.56. The average molecular weight is 542 g/mol. The van der Waals surface area contributed by atoms with Gasteiger partial charge in [0.1, 0.15) is 21.3 Å². The molecule has 2 atom stereocenters. The highest BCUT2D eigenvalue weighted by molar-refractivity contribution is 9.12. The minimum Gasteiger partial charge on any atom is -0.508 e. The highest BCUT2D eigenvalue weighted by Gasteiger charge is 2.51. The number of aromatic hydroxyl groups is 2. The van der Waals surface area contributed by atoms with E-state index in [4.69, 9.17) is 17.4 Å². The lowest BCUT2D eigenvalue weighted by Gasteiger charge is -2.27. The van der Waals surface area contributed by atoms with Crippen LogP contribution in [0.15, 0.2) is 24.5 Å². The van der Waals surface area contributed by atoms with E-state index in [0.717, 1.165) is 6.07 Å². The number of nitrogens with one attached hydrogen (secondary N) is 3. The molecule has 0 fully saturated rings. The number of nitro groups is 1. The molecule has 12 nitrogen and oxygen atoms in total. The normalized spacial score (nSPS) is 15.5. The number of nitrogens with two attached hydrogens (primary N) is 1. The number of phenolic OH excluding ortho intramolecular Hbond substituents is 2. The van der Waals surface area contributed by atoms with E-state index in [0.29, 0.717) is 5.52 Å². The van der Waals surface area contributed by atoms with E-state index in [2.05, 4.69) is 46.6 Å². The van der Waals surface area contributed by atoms with Gasteiger partial charge in [-0.05, 0) is 27.7 Å². The molecule has 1 aromatic carbocycles. The number of alkyl halides is 3. The van der Waals surface area contributed by atoms with Gasteiger partial charge in [-0.1, -0.05) is 11.6 Å². The zero-order valence-corrected chi connectivity index (χ0v) is 18.3. The molecule has 7 N–H and O–H groups in total. The molecule has 30 heavy (non-hydrogen) atoms. The van der Waals surface area contributed by atoms with E-state index in [9.17, 15) is 24.7 Å². The fraction of sp³-hybridized carbons (Fsp3) is 0.154. The minimum absolute atomic E-state index is 0.0181. The molecular formula is C13H11BrClFN8O4S2. The van der Waals surface area contributed by atoms with Crippen LogP contribution in [0.4, 0.5) is 15.9 Å². The molecule has 0 aliphatic heterocycles. The standard InChI is InChI=1S/C13H11BrClFN8O4S2/c14-13(15,16)29-12(23-17,30-24(27)28)11-21-9-8(18-4-19-9)10(22-11)20-5-1-6(25)3-7(26)2-5/h1-4,23,25-26H,17H2,(H2,18,19,20,21,22). The largest absolute Gasteiger partial charge is 0.508 e. The fourth-order valence-corrected chi connectivity index (χ4v) is 5.58. The summed E-state index contributed by atoms with van der Waals surface area (Å²) in [6.07, 6.45) is 1.30. The molecule has 0 saturated carbocycles. The molecule has 2 unspecified atom stereocenters. The summed E-state index contributed by atoms with van der Waals surface area (Å²) in [6.45, 7) is 0. The molecule has 160 valence electrons. The molecule has 17 heteroatoms. The number of hydrazine groups is 1. The Balaban J connectivity index is 2.16. The van der Waals surface area contributed by atoms with Crippen molar-refractivity contribution in [1.82, 2.24) is 25.4 Å². The second-order valence-electron chi connectivity index (χ2n) is 5.48. The third kappa shape index (κ3) is 5.13. The van der Waals surface area contributed by atoms with Crippen molar-refractivity contribution >= 4 is 73.9 Å². The van der Waals surface area contributed by atoms with Crippen LogP contribution in [-0.2, 0) is 4.20 Å². The summed E-state index contributed by atoms with van der Waals surface area (Å²) in [5, 5.41) is 33.4. The number of aromatic amines is 1. The first-order valence-corrected chi connectivity index (χ1v) is 10.4. The van der Waals surface area contributed by atoms with Gasteiger partial charge in [0.2, 0.25) is 0 Å². The second-order valence-corrected chi connectivity index (χ2v) is 11.0. The van der Waals surface area contributed by atoms with Gasteiger partial charge < -0.3 is 20.5 Å². The van der Waals surface area contributed by atoms with Gasteiger partial charge in [0.05, 0.1) is 6.33 Å². The number of phenols is 2. The number of rotatable bonds is 8. The number of hydrogen-bond acceptors (Lipinski definition) is 12. The summed E-state index contributed by atoms with van der Waals surface area (Å²) in [6, 6.07) is 3.71. The SMILES string of the molecule is NNC(S[N+](=O)[O-])(SC(F)(Cl)Br)c1nc(Nc2cc(O)cc(O)c2)c2[nH]cnc2n1. The summed E-state index contributed by atoms with van der Waals surface area (Å²) < 4.78 is 8.61. The van der Waals surface area contributed by atoms with Gasteiger partial charge in [-0.15, -0.1) is 0 Å². The molecule has 0 amide bonds. The average Bonchev–Trinajstić information content (AvgIpc) is 3.07. The number of fused-ring (bicyclic) bond motifs is 1. The van der Waals surface area contributed by atoms with Crippen molar-refractivity contribution in [2.75, 3.05) is 5.32 Å². The number of imidazole rings is 1. The molecular weight excluding hydrogens is 531 g/mol. The fourth-order valence-electron chi connectivity index (χ4n) is 2.37. The van der Waals surface area contributed by atoms with Crippen molar-refractivity contribution in [3.8, 4) is 11.5 Å². The molecule has 0 aliphatic rings. The van der Waals surface area contributed by atoms with Crippen LogP contribution in [0.2, 0.25) is 0 Å². The van der Waals surface area contributed by atoms with Crippen molar-refractivity contribution in [1.29, 1.82) is 0 Å². The van der Waals surface area contributed by atoms with E-state index < -0.39 is 11.9 Å². The van der Waals surface area contributed by atoms with Gasteiger partial charge in [0.25, 0.3) is 19.5 Å². The Morgan fingerprint density at radius 1 is 1.33 bits per heavy atom. The van der Waals surface area contributed by atoms with E-state index in [1.807, 2.05) is 0 Å². The van der Waals surface area contributed by atoms with Crippen LogP contribution in [0.3, 0.4) is 0 Å². The predicted octanol–water partition coefficient (Wildman–Crippen LogP) is 2.95. The maximum absolute atomic E-state index is 14.2. The number of benzene rings is 1. The molecule has 2 heterocycles. The molecule has 0 radical (unpaired) electrons. The number of nitrogens with zero attached hydrogens (tertiary/aromatic N) is 4. The van der Waals surface area contributed by atoms with Crippen LogP contribution in [0, 0.1) is 10.1 Å². The van der Waals surface area contributed by atoms with Crippen LogP contribution >= 0.6 is 51.2 Å². The van der Waals surface area contributed by atoms with Crippen LogP contribution in [0.5, 0.6) is 11.5 Å². The Hall–Kier alpha value is -2.11. The Kier molecular flexibility index (Phi) is 6.44. The lowest BCUT2D eigenvalue weighted by atomic mass is 10.2. The molecule has 0 saturated heterocycles. The first-order chi connectivity index (χ1) is 14.0. The Morgan fingerprint density at radius 2 is 2.00 bits per heavy atom. The Morgan fingerprint density at radius 3 is 2.57 bits per heavy atom. The summed E-state index contributed by atoms with van der Waals surface area (Å²) in [7, 11) is 0. The lowest BCUT2D eigenvalue weighted by molar-refractivity contribution is -0.286. The van der Waals surface area contributed by atoms with Gasteiger partial charge >= 0.3 is 0 Å². The zero-order chi connectivity index (χ0) is 22.1. The Labute approximate surface area is 188 Å². The molecule has 3 aromatic rings. The summed E-state index contributed by atoms with van der Waals surface area (Å²) in [5.74, 6) is 4.79. The summed E-state index contributed by atoms with van der Waals surface area (Å²) in [5.41, 5.74) is 2.74. The van der Waals surface area contributed by atoms with E-state index in [1.165, 1.54) is 18.5 Å². The van der Waals surface area contributed by atoms with Crippen LogP contribution < -0.4 is 16.6 Å². The first-order valence-electron chi connectivity index (χ1n) is 7.61. The number of aromatic nitrogens is 4. The lowest BCUT2D eigenvalue weighted by Crippen LogP contribution is -2.45. The molecule has 0 spiro atoms. The highest BCUT2D eigenvalue weighted by atomic mass is 79.9. The van der Waals surface area contributed by atoms with Crippen LogP contribution in [-0.4, -0.2) is 37.8 Å². The maximum Gasteiger partial charge on any atom is 0.287 e. The van der Waals surface area contributed by atoms with Gasteiger partial charge in [-0.2, -0.15) is 0 Å². The first kappa shape index (κ1) is 22.6. The van der Waals surface area contributed by atoms with Crippen LogP contribution in [0.25, 0.3) is 11.2 Å². The number of thioether (sulfide) groups is 1. The quantitative estimate of drug-likeness (QED) is 0.0612. The van der Waals surface area contributed by atoms with Gasteiger partial charge in [0, 0.05) is 23.9 Å². The number of anilines is 2. The molecule has 3 rings (SSSR count). The van der Waals surface area contributed by atoms with E-state index in [1.54, 1.807) is 0 Å². The van der Waals surface area contributed by atoms with Gasteiger partial charge in [-0.25, -0.2) is 24.8 Å². The number of hydrogen-bond donors (Lipinski definition) is 6. The van der Waals surface area contributed by atoms with E-state index in [-0.39, 0.29) is 58.2 Å². The minimum atomic E-state index is -2.66.